The van der Waals surface area contributed by atoms with E-state index in [4.69, 9.17) is 21.1 Å². The standard InChI is InChI=1S/C13H16ClNO2/c1-13-7-15-5-10(13)8-3-4-11(16-2)12(14)9(8)6-17-13/h3-4,10,15H,5-7H2,1-2H3. The molecule has 2 heterocycles. The highest BCUT2D eigenvalue weighted by Gasteiger charge is 2.45. The molecule has 4 heteroatoms. The van der Waals surface area contributed by atoms with Gasteiger partial charge in [-0.15, -0.1) is 0 Å². The number of halogens is 1. The van der Waals surface area contributed by atoms with Crippen molar-refractivity contribution in [3.63, 3.8) is 0 Å². The summed E-state index contributed by atoms with van der Waals surface area (Å²) in [7, 11) is 1.64. The van der Waals surface area contributed by atoms with Crippen LogP contribution in [0.3, 0.4) is 0 Å². The minimum absolute atomic E-state index is 0.0923. The highest BCUT2D eigenvalue weighted by atomic mass is 35.5. The maximum absolute atomic E-state index is 6.34. The third-order valence-corrected chi connectivity index (χ3v) is 4.36. The van der Waals surface area contributed by atoms with Gasteiger partial charge in [0.1, 0.15) is 5.75 Å². The van der Waals surface area contributed by atoms with Gasteiger partial charge in [-0.05, 0) is 18.6 Å². The second-order valence-corrected chi connectivity index (χ2v) is 5.31. The molecule has 2 unspecified atom stereocenters. The van der Waals surface area contributed by atoms with Gasteiger partial charge in [-0.25, -0.2) is 0 Å². The molecule has 1 fully saturated rings. The molecule has 92 valence electrons. The molecule has 1 aromatic carbocycles. The number of ether oxygens (including phenoxy) is 2. The minimum atomic E-state index is -0.0923. The normalized spacial score (nSPS) is 30.9. The Kier molecular flexibility index (Phi) is 2.58. The number of benzene rings is 1. The Morgan fingerprint density at radius 2 is 2.35 bits per heavy atom. The van der Waals surface area contributed by atoms with Crippen molar-refractivity contribution < 1.29 is 9.47 Å². The molecular formula is C13H16ClNO2. The number of nitrogens with one attached hydrogen (secondary N) is 1. The average molecular weight is 254 g/mol. The molecule has 0 bridgehead atoms. The van der Waals surface area contributed by atoms with E-state index in [0.717, 1.165) is 24.4 Å². The van der Waals surface area contributed by atoms with E-state index in [0.29, 0.717) is 17.5 Å². The van der Waals surface area contributed by atoms with E-state index in [1.54, 1.807) is 7.11 Å². The van der Waals surface area contributed by atoms with E-state index < -0.39 is 0 Å². The third kappa shape index (κ3) is 1.57. The van der Waals surface area contributed by atoms with Gasteiger partial charge in [0.15, 0.2) is 0 Å². The van der Waals surface area contributed by atoms with Crippen molar-refractivity contribution in [2.45, 2.75) is 25.0 Å². The number of fused-ring (bicyclic) bond motifs is 3. The first kappa shape index (κ1) is 11.3. The average Bonchev–Trinajstić information content (AvgIpc) is 2.71. The van der Waals surface area contributed by atoms with Crippen LogP contribution in [0.25, 0.3) is 0 Å². The molecule has 1 aromatic rings. The van der Waals surface area contributed by atoms with Gasteiger partial charge in [0, 0.05) is 24.6 Å². The van der Waals surface area contributed by atoms with E-state index in [1.165, 1.54) is 5.56 Å². The maximum atomic E-state index is 6.34. The zero-order valence-corrected chi connectivity index (χ0v) is 10.8. The molecule has 3 rings (SSSR count). The van der Waals surface area contributed by atoms with Crippen LogP contribution < -0.4 is 10.1 Å². The van der Waals surface area contributed by atoms with Gasteiger partial charge in [-0.3, -0.25) is 0 Å². The van der Waals surface area contributed by atoms with Crippen molar-refractivity contribution in [3.8, 4) is 5.75 Å². The molecule has 2 aliphatic heterocycles. The van der Waals surface area contributed by atoms with Crippen molar-refractivity contribution in [3.05, 3.63) is 28.3 Å². The SMILES string of the molecule is COc1ccc2c(c1Cl)COC1(C)CNCC21. The van der Waals surface area contributed by atoms with Crippen LogP contribution in [0.2, 0.25) is 5.02 Å². The molecule has 1 saturated heterocycles. The molecule has 2 atom stereocenters. The predicted octanol–water partition coefficient (Wildman–Crippen LogP) is 2.32. The molecule has 3 nitrogen and oxygen atoms in total. The van der Waals surface area contributed by atoms with E-state index in [9.17, 15) is 0 Å². The summed E-state index contributed by atoms with van der Waals surface area (Å²) in [5.41, 5.74) is 2.29. The lowest BCUT2D eigenvalue weighted by Gasteiger charge is -2.37. The summed E-state index contributed by atoms with van der Waals surface area (Å²) in [6.07, 6.45) is 0. The van der Waals surface area contributed by atoms with Crippen LogP contribution in [0.1, 0.15) is 24.0 Å². The van der Waals surface area contributed by atoms with E-state index in [2.05, 4.69) is 18.3 Å². The quantitative estimate of drug-likeness (QED) is 0.833. The molecule has 0 radical (unpaired) electrons. The fourth-order valence-corrected chi connectivity index (χ4v) is 3.18. The number of rotatable bonds is 1. The summed E-state index contributed by atoms with van der Waals surface area (Å²) in [6.45, 7) is 4.59. The summed E-state index contributed by atoms with van der Waals surface area (Å²) >= 11 is 6.34. The van der Waals surface area contributed by atoms with E-state index in [1.807, 2.05) is 6.07 Å². The van der Waals surface area contributed by atoms with Gasteiger partial charge in [0.05, 0.1) is 24.3 Å². The second kappa shape index (κ2) is 3.87. The zero-order chi connectivity index (χ0) is 12.0. The van der Waals surface area contributed by atoms with Crippen LogP contribution in [0.4, 0.5) is 0 Å². The van der Waals surface area contributed by atoms with Crippen LogP contribution >= 0.6 is 11.6 Å². The highest BCUT2D eigenvalue weighted by molar-refractivity contribution is 6.33. The second-order valence-electron chi connectivity index (χ2n) is 4.93. The van der Waals surface area contributed by atoms with Crippen molar-refractivity contribution in [2.24, 2.45) is 0 Å². The first-order chi connectivity index (χ1) is 8.15. The molecule has 2 aliphatic rings. The number of hydrogen-bond donors (Lipinski definition) is 1. The Morgan fingerprint density at radius 3 is 3.12 bits per heavy atom. The summed E-state index contributed by atoms with van der Waals surface area (Å²) in [5.74, 6) is 1.11. The first-order valence-electron chi connectivity index (χ1n) is 5.85. The van der Waals surface area contributed by atoms with Crippen LogP contribution in [0, 0.1) is 0 Å². The topological polar surface area (TPSA) is 30.5 Å². The van der Waals surface area contributed by atoms with Crippen molar-refractivity contribution in [2.75, 3.05) is 20.2 Å². The Labute approximate surface area is 106 Å². The molecule has 1 N–H and O–H groups in total. The minimum Gasteiger partial charge on any atom is -0.495 e. The van der Waals surface area contributed by atoms with Crippen molar-refractivity contribution in [1.82, 2.24) is 5.32 Å². The molecule has 0 saturated carbocycles. The molecule has 0 aromatic heterocycles. The van der Waals surface area contributed by atoms with Crippen molar-refractivity contribution in [1.29, 1.82) is 0 Å². The fourth-order valence-electron chi connectivity index (χ4n) is 2.88. The van der Waals surface area contributed by atoms with Crippen LogP contribution in [0.5, 0.6) is 5.75 Å². The predicted molar refractivity (Wildman–Crippen MR) is 66.8 cm³/mol. The molecular weight excluding hydrogens is 238 g/mol. The zero-order valence-electron chi connectivity index (χ0n) is 10.0. The van der Waals surface area contributed by atoms with Crippen LogP contribution in [-0.4, -0.2) is 25.8 Å². The van der Waals surface area contributed by atoms with Gasteiger partial charge < -0.3 is 14.8 Å². The number of methoxy groups -OCH3 is 1. The van der Waals surface area contributed by atoms with Gasteiger partial charge in [-0.1, -0.05) is 17.7 Å². The molecule has 0 spiro atoms. The van der Waals surface area contributed by atoms with Gasteiger partial charge >= 0.3 is 0 Å². The lowest BCUT2D eigenvalue weighted by atomic mass is 9.81. The Bertz CT molecular complexity index is 463. The highest BCUT2D eigenvalue weighted by Crippen LogP contribution is 2.45. The third-order valence-electron chi connectivity index (χ3n) is 3.95. The Hall–Kier alpha value is -0.770. The van der Waals surface area contributed by atoms with E-state index in [-0.39, 0.29) is 5.60 Å². The van der Waals surface area contributed by atoms with E-state index >= 15 is 0 Å². The summed E-state index contributed by atoms with van der Waals surface area (Å²) in [4.78, 5) is 0. The van der Waals surface area contributed by atoms with Crippen molar-refractivity contribution >= 4 is 11.6 Å². The van der Waals surface area contributed by atoms with Gasteiger partial charge in [-0.2, -0.15) is 0 Å². The molecule has 17 heavy (non-hydrogen) atoms. The largest absolute Gasteiger partial charge is 0.495 e. The summed E-state index contributed by atoms with van der Waals surface area (Å²) in [6, 6.07) is 4.07. The smallest absolute Gasteiger partial charge is 0.137 e. The summed E-state index contributed by atoms with van der Waals surface area (Å²) in [5, 5.41) is 4.09. The lowest BCUT2D eigenvalue weighted by molar-refractivity contribution is -0.0517. The lowest BCUT2D eigenvalue weighted by Crippen LogP contribution is -2.39. The van der Waals surface area contributed by atoms with Crippen LogP contribution in [-0.2, 0) is 11.3 Å². The molecule has 0 aliphatic carbocycles. The Balaban J connectivity index is 2.11. The summed E-state index contributed by atoms with van der Waals surface area (Å²) < 4.78 is 11.2. The fraction of sp³-hybridized carbons (Fsp3) is 0.538. The monoisotopic (exact) mass is 253 g/mol. The number of hydrogen-bond acceptors (Lipinski definition) is 3. The van der Waals surface area contributed by atoms with Gasteiger partial charge in [0.2, 0.25) is 0 Å². The van der Waals surface area contributed by atoms with Crippen LogP contribution in [0.15, 0.2) is 12.1 Å². The molecule has 0 amide bonds. The first-order valence-corrected chi connectivity index (χ1v) is 6.23. The Morgan fingerprint density at radius 1 is 1.53 bits per heavy atom. The maximum Gasteiger partial charge on any atom is 0.137 e. The van der Waals surface area contributed by atoms with Gasteiger partial charge in [0.25, 0.3) is 0 Å².